The van der Waals surface area contributed by atoms with Crippen molar-refractivity contribution in [1.82, 2.24) is 20.2 Å². The van der Waals surface area contributed by atoms with Crippen LogP contribution in [-0.2, 0) is 21.4 Å². The Bertz CT molecular complexity index is 1140. The Morgan fingerprint density at radius 2 is 2.00 bits per heavy atom. The summed E-state index contributed by atoms with van der Waals surface area (Å²) in [6, 6.07) is 10.6. The van der Waals surface area contributed by atoms with Gasteiger partial charge in [0.15, 0.2) is 0 Å². The van der Waals surface area contributed by atoms with Crippen molar-refractivity contribution in [2.45, 2.75) is 24.4 Å². The fraction of sp³-hybridized carbons (Fsp3) is 0.167. The Hall–Kier alpha value is -2.82. The first-order chi connectivity index (χ1) is 13.8. The predicted octanol–water partition coefficient (Wildman–Crippen LogP) is 2.51. The summed E-state index contributed by atoms with van der Waals surface area (Å²) in [7, 11) is -4.20. The molecular formula is C18H16ClFN4O4S. The maximum absolute atomic E-state index is 13.7. The van der Waals surface area contributed by atoms with Crippen LogP contribution in [0.1, 0.15) is 12.8 Å². The van der Waals surface area contributed by atoms with Gasteiger partial charge in [0.2, 0.25) is 27.6 Å². The highest BCUT2D eigenvalue weighted by Crippen LogP contribution is 2.20. The quantitative estimate of drug-likeness (QED) is 0.585. The van der Waals surface area contributed by atoms with Crippen molar-refractivity contribution in [3.05, 3.63) is 65.3 Å². The predicted molar refractivity (Wildman–Crippen MR) is 103 cm³/mol. The summed E-state index contributed by atoms with van der Waals surface area (Å²) in [5.41, 5.74) is 0.643. The summed E-state index contributed by atoms with van der Waals surface area (Å²) >= 11 is 5.92. The molecule has 1 amide bonds. The van der Waals surface area contributed by atoms with Gasteiger partial charge in [0.25, 0.3) is 0 Å². The van der Waals surface area contributed by atoms with E-state index in [4.69, 9.17) is 16.1 Å². The van der Waals surface area contributed by atoms with Crippen molar-refractivity contribution in [2.75, 3.05) is 0 Å². The van der Waals surface area contributed by atoms with Gasteiger partial charge in [-0.15, -0.1) is 0 Å². The van der Waals surface area contributed by atoms with Crippen LogP contribution in [-0.4, -0.2) is 30.5 Å². The lowest BCUT2D eigenvalue weighted by Gasteiger charge is -2.14. The summed E-state index contributed by atoms with van der Waals surface area (Å²) < 4.78 is 45.4. The van der Waals surface area contributed by atoms with E-state index in [0.29, 0.717) is 16.4 Å². The molecule has 0 aliphatic rings. The van der Waals surface area contributed by atoms with Gasteiger partial charge in [-0.25, -0.2) is 12.8 Å². The fourth-order valence-corrected chi connectivity index (χ4v) is 3.87. The van der Waals surface area contributed by atoms with Crippen molar-refractivity contribution >= 4 is 27.5 Å². The Balaban J connectivity index is 1.60. The van der Waals surface area contributed by atoms with Gasteiger partial charge in [-0.2, -0.15) is 9.71 Å². The minimum Gasteiger partial charge on any atom is -0.346 e. The first-order valence-electron chi connectivity index (χ1n) is 8.39. The molecule has 0 radical (unpaired) electrons. The van der Waals surface area contributed by atoms with Crippen LogP contribution in [0.2, 0.25) is 5.02 Å². The average molecular weight is 439 g/mol. The number of hydrogen-bond donors (Lipinski definition) is 2. The first kappa shape index (κ1) is 20.9. The van der Waals surface area contributed by atoms with E-state index in [1.807, 2.05) is 0 Å². The van der Waals surface area contributed by atoms with E-state index < -0.39 is 32.7 Å². The van der Waals surface area contributed by atoms with Crippen LogP contribution >= 0.6 is 11.6 Å². The summed E-state index contributed by atoms with van der Waals surface area (Å²) in [5, 5.41) is 6.80. The highest BCUT2D eigenvalue weighted by atomic mass is 35.5. The zero-order chi connectivity index (χ0) is 21.0. The number of aromatic nitrogens is 2. The van der Waals surface area contributed by atoms with E-state index in [9.17, 15) is 17.6 Å². The van der Waals surface area contributed by atoms with Crippen LogP contribution in [0.25, 0.3) is 11.4 Å². The number of nitrogens with one attached hydrogen (secondary N) is 2. The second-order valence-corrected chi connectivity index (χ2v) is 8.13. The van der Waals surface area contributed by atoms with Crippen molar-refractivity contribution in [3.8, 4) is 11.4 Å². The topological polar surface area (TPSA) is 114 Å². The molecule has 0 saturated carbocycles. The number of nitrogens with zero attached hydrogens (tertiary/aromatic N) is 2. The van der Waals surface area contributed by atoms with E-state index in [-0.39, 0.29) is 12.4 Å². The molecule has 0 aliphatic heterocycles. The maximum atomic E-state index is 13.7. The molecule has 0 spiro atoms. The molecule has 1 aromatic heterocycles. The zero-order valence-corrected chi connectivity index (χ0v) is 16.7. The number of rotatable bonds is 7. The number of amides is 1. The first-order valence-corrected chi connectivity index (χ1v) is 10.3. The third kappa shape index (κ3) is 5.17. The molecule has 1 heterocycles. The van der Waals surface area contributed by atoms with Crippen LogP contribution in [0.5, 0.6) is 0 Å². The molecule has 2 aromatic carbocycles. The highest BCUT2D eigenvalue weighted by Gasteiger charge is 2.24. The monoisotopic (exact) mass is 438 g/mol. The van der Waals surface area contributed by atoms with E-state index in [0.717, 1.165) is 12.1 Å². The summed E-state index contributed by atoms with van der Waals surface area (Å²) in [5.74, 6) is -1.14. The van der Waals surface area contributed by atoms with Gasteiger partial charge in [-0.3, -0.25) is 4.79 Å². The van der Waals surface area contributed by atoms with Crippen LogP contribution < -0.4 is 10.0 Å². The number of benzene rings is 2. The molecule has 1 atom stereocenters. The van der Waals surface area contributed by atoms with Gasteiger partial charge >= 0.3 is 0 Å². The van der Waals surface area contributed by atoms with Crippen LogP contribution in [0, 0.1) is 5.82 Å². The molecule has 3 rings (SSSR count). The standard InChI is InChI=1S/C18H16ClFN4O4S/c1-11(24-29(26,27)15-8-3-2-7-14(15)20)18(25)21-10-16-22-17(23-28-16)12-5-4-6-13(19)9-12/h2-9,11,24H,10H2,1H3,(H,21,25)/t11-/m0/s1. The third-order valence-electron chi connectivity index (χ3n) is 3.82. The summed E-state index contributed by atoms with van der Waals surface area (Å²) in [4.78, 5) is 15.8. The Labute approximate surface area is 171 Å². The normalized spacial score (nSPS) is 12.5. The van der Waals surface area contributed by atoms with Gasteiger partial charge in [0.1, 0.15) is 10.7 Å². The van der Waals surface area contributed by atoms with Crippen molar-refractivity contribution in [1.29, 1.82) is 0 Å². The van der Waals surface area contributed by atoms with Gasteiger partial charge in [-0.05, 0) is 31.2 Å². The smallest absolute Gasteiger partial charge is 0.246 e. The van der Waals surface area contributed by atoms with Crippen LogP contribution in [0.15, 0.2) is 57.9 Å². The van der Waals surface area contributed by atoms with Crippen molar-refractivity contribution < 1.29 is 22.1 Å². The molecule has 8 nitrogen and oxygen atoms in total. The molecule has 2 N–H and O–H groups in total. The van der Waals surface area contributed by atoms with Gasteiger partial charge in [0, 0.05) is 10.6 Å². The van der Waals surface area contributed by atoms with Gasteiger partial charge in [-0.1, -0.05) is 41.0 Å². The van der Waals surface area contributed by atoms with Crippen LogP contribution in [0.3, 0.4) is 0 Å². The second kappa shape index (κ2) is 8.68. The highest BCUT2D eigenvalue weighted by molar-refractivity contribution is 7.89. The van der Waals surface area contributed by atoms with Gasteiger partial charge < -0.3 is 9.84 Å². The lowest BCUT2D eigenvalue weighted by Crippen LogP contribution is -2.44. The lowest BCUT2D eigenvalue weighted by molar-refractivity contribution is -0.122. The minimum atomic E-state index is -4.20. The van der Waals surface area contributed by atoms with E-state index in [1.165, 1.54) is 19.1 Å². The number of hydrogen-bond acceptors (Lipinski definition) is 6. The molecular weight excluding hydrogens is 423 g/mol. The van der Waals surface area contributed by atoms with Crippen molar-refractivity contribution in [2.24, 2.45) is 0 Å². The van der Waals surface area contributed by atoms with E-state index >= 15 is 0 Å². The molecule has 0 aliphatic carbocycles. The lowest BCUT2D eigenvalue weighted by atomic mass is 10.2. The maximum Gasteiger partial charge on any atom is 0.246 e. The number of carbonyl (C=O) groups excluding carboxylic acids is 1. The van der Waals surface area contributed by atoms with Crippen LogP contribution in [0.4, 0.5) is 4.39 Å². The molecule has 11 heteroatoms. The average Bonchev–Trinajstić information content (AvgIpc) is 3.15. The van der Waals surface area contributed by atoms with E-state index in [2.05, 4.69) is 20.2 Å². The summed E-state index contributed by atoms with van der Waals surface area (Å²) in [6.07, 6.45) is 0. The number of carbonyl (C=O) groups is 1. The molecule has 29 heavy (non-hydrogen) atoms. The molecule has 0 saturated heterocycles. The Kier molecular flexibility index (Phi) is 6.26. The van der Waals surface area contributed by atoms with Crippen molar-refractivity contribution in [3.63, 3.8) is 0 Å². The molecule has 152 valence electrons. The Morgan fingerprint density at radius 1 is 1.24 bits per heavy atom. The zero-order valence-electron chi connectivity index (χ0n) is 15.1. The fourth-order valence-electron chi connectivity index (χ4n) is 2.40. The SMILES string of the molecule is C[C@H](NS(=O)(=O)c1ccccc1F)C(=O)NCc1nc(-c2cccc(Cl)c2)no1. The van der Waals surface area contributed by atoms with E-state index in [1.54, 1.807) is 24.3 Å². The number of halogens is 2. The third-order valence-corrected chi connectivity index (χ3v) is 5.63. The minimum absolute atomic E-state index is 0.113. The second-order valence-electron chi connectivity index (χ2n) is 6.01. The molecule has 0 bridgehead atoms. The molecule has 3 aromatic rings. The number of sulfonamides is 1. The molecule has 0 fully saturated rings. The summed E-state index contributed by atoms with van der Waals surface area (Å²) in [6.45, 7) is 1.22. The van der Waals surface area contributed by atoms with Gasteiger partial charge in [0.05, 0.1) is 12.6 Å². The Morgan fingerprint density at radius 3 is 2.72 bits per heavy atom. The molecule has 0 unspecified atom stereocenters. The largest absolute Gasteiger partial charge is 0.346 e.